The van der Waals surface area contributed by atoms with E-state index in [0.717, 1.165) is 23.0 Å². The van der Waals surface area contributed by atoms with E-state index >= 15 is 0 Å². The normalized spacial score (nSPS) is 11.1. The Morgan fingerprint density at radius 1 is 1.27 bits per heavy atom. The van der Waals surface area contributed by atoms with Gasteiger partial charge in [0.15, 0.2) is 5.16 Å². The second-order valence-corrected chi connectivity index (χ2v) is 7.33. The molecule has 26 heavy (non-hydrogen) atoms. The van der Waals surface area contributed by atoms with Crippen LogP contribution in [0.25, 0.3) is 0 Å². The van der Waals surface area contributed by atoms with Gasteiger partial charge < -0.3 is 10.3 Å². The molecule has 2 heterocycles. The number of H-pyrrole nitrogens is 1. The van der Waals surface area contributed by atoms with E-state index in [1.54, 1.807) is 16.9 Å². The number of anilines is 1. The van der Waals surface area contributed by atoms with Crippen LogP contribution < -0.4 is 5.32 Å². The van der Waals surface area contributed by atoms with Gasteiger partial charge in [0, 0.05) is 24.2 Å². The summed E-state index contributed by atoms with van der Waals surface area (Å²) >= 11 is 1.40. The largest absolute Gasteiger partial charge is 0.337 e. The van der Waals surface area contributed by atoms with Crippen LogP contribution in [0.5, 0.6) is 0 Å². The molecule has 0 saturated heterocycles. The number of amides is 1. The summed E-state index contributed by atoms with van der Waals surface area (Å²) in [4.78, 5) is 20.1. The molecule has 2 N–H and O–H groups in total. The fourth-order valence-corrected chi connectivity index (χ4v) is 3.37. The second kappa shape index (κ2) is 8.23. The molecule has 0 fully saturated rings. The number of rotatable bonds is 7. The lowest BCUT2D eigenvalue weighted by atomic mass is 10.1. The molecule has 3 rings (SSSR count). The van der Waals surface area contributed by atoms with Crippen LogP contribution in [0, 0.1) is 6.92 Å². The van der Waals surface area contributed by atoms with Crippen molar-refractivity contribution in [1.29, 1.82) is 0 Å². The molecule has 2 aromatic heterocycles. The molecule has 1 aromatic carbocycles. The van der Waals surface area contributed by atoms with Crippen LogP contribution in [0.4, 0.5) is 5.82 Å². The number of carbonyl (C=O) groups excluding carboxylic acids is 1. The zero-order chi connectivity index (χ0) is 18.5. The van der Waals surface area contributed by atoms with Gasteiger partial charge in [0.2, 0.25) is 5.91 Å². The summed E-state index contributed by atoms with van der Waals surface area (Å²) in [6.45, 7) is 6.06. The van der Waals surface area contributed by atoms with Gasteiger partial charge in [-0.2, -0.15) is 5.10 Å². The number of thioether (sulfide) groups is 1. The minimum atomic E-state index is -0.0731. The lowest BCUT2D eigenvalue weighted by Crippen LogP contribution is -2.18. The molecule has 0 spiro atoms. The third-order valence-corrected chi connectivity index (χ3v) is 4.82. The molecule has 7 heteroatoms. The molecular weight excluding hydrogens is 346 g/mol. The summed E-state index contributed by atoms with van der Waals surface area (Å²) < 4.78 is 1.79. The van der Waals surface area contributed by atoms with Crippen molar-refractivity contribution >= 4 is 23.5 Å². The van der Waals surface area contributed by atoms with E-state index in [1.165, 1.54) is 17.3 Å². The number of benzene rings is 1. The van der Waals surface area contributed by atoms with Crippen LogP contribution in [0.3, 0.4) is 0 Å². The molecule has 0 aliphatic rings. The van der Waals surface area contributed by atoms with Crippen LogP contribution in [0.2, 0.25) is 0 Å². The van der Waals surface area contributed by atoms with E-state index in [4.69, 9.17) is 0 Å². The zero-order valence-corrected chi connectivity index (χ0v) is 16.0. The summed E-state index contributed by atoms with van der Waals surface area (Å²) in [6, 6.07) is 12.2. The Labute approximate surface area is 157 Å². The molecule has 0 bridgehead atoms. The van der Waals surface area contributed by atoms with E-state index in [1.807, 2.05) is 39.0 Å². The monoisotopic (exact) mass is 369 g/mol. The predicted molar refractivity (Wildman–Crippen MR) is 105 cm³/mol. The van der Waals surface area contributed by atoms with Crippen molar-refractivity contribution in [1.82, 2.24) is 19.7 Å². The first-order valence-corrected chi connectivity index (χ1v) is 9.57. The highest BCUT2D eigenvalue weighted by atomic mass is 32.2. The summed E-state index contributed by atoms with van der Waals surface area (Å²) in [5, 5.41) is 7.89. The van der Waals surface area contributed by atoms with Crippen molar-refractivity contribution in [3.63, 3.8) is 0 Å². The Kier molecular flexibility index (Phi) is 5.78. The van der Waals surface area contributed by atoms with Crippen molar-refractivity contribution in [2.75, 3.05) is 11.1 Å². The SMILES string of the molecule is Cc1[nH]c(SCC(=O)Nc2ccnn2C(C)C)nc1Cc1ccccc1. The van der Waals surface area contributed by atoms with E-state index < -0.39 is 0 Å². The Balaban J connectivity index is 1.57. The topological polar surface area (TPSA) is 75.6 Å². The van der Waals surface area contributed by atoms with Crippen LogP contribution in [0.1, 0.15) is 36.8 Å². The lowest BCUT2D eigenvalue weighted by Gasteiger charge is -2.11. The molecule has 0 aliphatic carbocycles. The fraction of sp³-hybridized carbons (Fsp3) is 0.316. The molecule has 0 unspecified atom stereocenters. The highest BCUT2D eigenvalue weighted by Crippen LogP contribution is 2.20. The predicted octanol–water partition coefficient (Wildman–Crippen LogP) is 3.82. The highest BCUT2D eigenvalue weighted by molar-refractivity contribution is 7.99. The van der Waals surface area contributed by atoms with Crippen LogP contribution >= 0.6 is 11.8 Å². The lowest BCUT2D eigenvalue weighted by molar-refractivity contribution is -0.113. The maximum Gasteiger partial charge on any atom is 0.235 e. The van der Waals surface area contributed by atoms with Gasteiger partial charge in [0.25, 0.3) is 0 Å². The van der Waals surface area contributed by atoms with Gasteiger partial charge in [0.1, 0.15) is 5.82 Å². The molecule has 3 aromatic rings. The maximum absolute atomic E-state index is 12.2. The number of hydrogen-bond donors (Lipinski definition) is 2. The van der Waals surface area contributed by atoms with Crippen molar-refractivity contribution in [2.24, 2.45) is 0 Å². The third kappa shape index (κ3) is 4.54. The van der Waals surface area contributed by atoms with E-state index in [0.29, 0.717) is 11.6 Å². The van der Waals surface area contributed by atoms with Crippen molar-refractivity contribution in [3.05, 3.63) is 59.5 Å². The van der Waals surface area contributed by atoms with Crippen LogP contribution in [-0.2, 0) is 11.2 Å². The van der Waals surface area contributed by atoms with E-state index in [-0.39, 0.29) is 11.9 Å². The average Bonchev–Trinajstić information content (AvgIpc) is 3.21. The number of hydrogen-bond acceptors (Lipinski definition) is 4. The van der Waals surface area contributed by atoms with E-state index in [9.17, 15) is 4.79 Å². The molecule has 136 valence electrons. The first-order valence-electron chi connectivity index (χ1n) is 8.58. The maximum atomic E-state index is 12.2. The standard InChI is InChI=1S/C19H23N5OS/c1-13(2)24-17(9-10-20-24)23-18(25)12-26-19-21-14(3)16(22-19)11-15-7-5-4-6-8-15/h4-10,13H,11-12H2,1-3H3,(H,21,22)(H,23,25). The van der Waals surface area contributed by atoms with Crippen LogP contribution in [0.15, 0.2) is 47.8 Å². The molecular formula is C19H23N5OS. The van der Waals surface area contributed by atoms with Gasteiger partial charge in [-0.15, -0.1) is 0 Å². The zero-order valence-electron chi connectivity index (χ0n) is 15.2. The minimum absolute atomic E-state index is 0.0731. The summed E-state index contributed by atoms with van der Waals surface area (Å²) in [7, 11) is 0. The number of aromatic amines is 1. The Hall–Kier alpha value is -2.54. The summed E-state index contributed by atoms with van der Waals surface area (Å²) in [5.74, 6) is 0.933. The molecule has 1 amide bonds. The molecule has 0 atom stereocenters. The average molecular weight is 369 g/mol. The molecule has 0 aliphatic heterocycles. The summed E-state index contributed by atoms with van der Waals surface area (Å²) in [6.07, 6.45) is 2.47. The van der Waals surface area contributed by atoms with E-state index in [2.05, 4.69) is 32.5 Å². The Morgan fingerprint density at radius 2 is 2.04 bits per heavy atom. The Morgan fingerprint density at radius 3 is 2.77 bits per heavy atom. The first-order chi connectivity index (χ1) is 12.5. The first kappa shape index (κ1) is 18.3. The minimum Gasteiger partial charge on any atom is -0.337 e. The fourth-order valence-electron chi connectivity index (χ4n) is 2.63. The van der Waals surface area contributed by atoms with Gasteiger partial charge in [-0.25, -0.2) is 9.67 Å². The molecule has 6 nitrogen and oxygen atoms in total. The van der Waals surface area contributed by atoms with Gasteiger partial charge in [0.05, 0.1) is 17.6 Å². The number of nitrogens with zero attached hydrogens (tertiary/aromatic N) is 3. The van der Waals surface area contributed by atoms with Gasteiger partial charge in [-0.3, -0.25) is 4.79 Å². The van der Waals surface area contributed by atoms with Crippen LogP contribution in [-0.4, -0.2) is 31.4 Å². The highest BCUT2D eigenvalue weighted by Gasteiger charge is 2.12. The van der Waals surface area contributed by atoms with Gasteiger partial charge in [-0.05, 0) is 26.3 Å². The number of aryl methyl sites for hydroxylation is 1. The van der Waals surface area contributed by atoms with Crippen molar-refractivity contribution < 1.29 is 4.79 Å². The molecule has 0 radical (unpaired) electrons. The van der Waals surface area contributed by atoms with Gasteiger partial charge >= 0.3 is 0 Å². The number of imidazole rings is 1. The number of nitrogens with one attached hydrogen (secondary N) is 2. The smallest absolute Gasteiger partial charge is 0.235 e. The van der Waals surface area contributed by atoms with Gasteiger partial charge in [-0.1, -0.05) is 42.1 Å². The quantitative estimate of drug-likeness (QED) is 0.621. The number of aromatic nitrogens is 4. The molecule has 0 saturated carbocycles. The summed E-state index contributed by atoms with van der Waals surface area (Å²) in [5.41, 5.74) is 3.27. The number of carbonyl (C=O) groups is 1. The van der Waals surface area contributed by atoms with Crippen molar-refractivity contribution in [3.8, 4) is 0 Å². The van der Waals surface area contributed by atoms with Crippen molar-refractivity contribution in [2.45, 2.75) is 38.4 Å². The Bertz CT molecular complexity index is 869. The third-order valence-electron chi connectivity index (χ3n) is 3.95. The second-order valence-electron chi connectivity index (χ2n) is 6.37.